The molecule has 0 saturated heterocycles. The third-order valence-electron chi connectivity index (χ3n) is 4.83. The van der Waals surface area contributed by atoms with Gasteiger partial charge in [-0.1, -0.05) is 36.0 Å². The standard InChI is InChI=1S/C22H15FN4O2S2/c1-29-16-4-2-3-14(9-16)18(28)11-31-22-26-25-20-19-17(13-5-7-15(23)8-6-13)10-30-21(19)24-12-27(20)22/h2-10,12H,11H2,1H3. The number of rotatable bonds is 6. The molecule has 0 aliphatic heterocycles. The van der Waals surface area contributed by atoms with Gasteiger partial charge in [0.15, 0.2) is 16.6 Å². The summed E-state index contributed by atoms with van der Waals surface area (Å²) in [5.41, 5.74) is 3.04. The Bertz CT molecular complexity index is 1410. The summed E-state index contributed by atoms with van der Waals surface area (Å²) in [5.74, 6) is 0.535. The molecule has 0 spiro atoms. The number of carbonyl (C=O) groups excluding carboxylic acids is 1. The van der Waals surface area contributed by atoms with E-state index in [1.165, 1.54) is 35.2 Å². The van der Waals surface area contributed by atoms with Crippen molar-refractivity contribution in [2.75, 3.05) is 12.9 Å². The zero-order chi connectivity index (χ0) is 21.4. The molecule has 0 unspecified atom stereocenters. The summed E-state index contributed by atoms with van der Waals surface area (Å²) in [4.78, 5) is 18.0. The maximum atomic E-state index is 13.3. The van der Waals surface area contributed by atoms with Gasteiger partial charge in [0.1, 0.15) is 22.7 Å². The van der Waals surface area contributed by atoms with E-state index in [-0.39, 0.29) is 17.4 Å². The Hall–Kier alpha value is -3.30. The van der Waals surface area contributed by atoms with Crippen molar-refractivity contribution in [3.8, 4) is 16.9 Å². The average molecular weight is 451 g/mol. The zero-order valence-corrected chi connectivity index (χ0v) is 17.9. The highest BCUT2D eigenvalue weighted by atomic mass is 32.2. The highest BCUT2D eigenvalue weighted by Gasteiger charge is 2.17. The first-order valence-electron chi connectivity index (χ1n) is 9.31. The fourth-order valence-corrected chi connectivity index (χ4v) is 4.98. The van der Waals surface area contributed by atoms with Crippen molar-refractivity contribution in [3.63, 3.8) is 0 Å². The van der Waals surface area contributed by atoms with Gasteiger partial charge in [0.25, 0.3) is 0 Å². The van der Waals surface area contributed by atoms with Gasteiger partial charge in [-0.05, 0) is 29.8 Å². The number of hydrogen-bond acceptors (Lipinski definition) is 7. The summed E-state index contributed by atoms with van der Waals surface area (Å²) in [6.45, 7) is 0. The minimum atomic E-state index is -0.284. The third-order valence-corrected chi connectivity index (χ3v) is 6.66. The molecule has 5 aromatic rings. The molecule has 0 amide bonds. The molecule has 0 aliphatic carbocycles. The van der Waals surface area contributed by atoms with Crippen LogP contribution in [0.1, 0.15) is 10.4 Å². The van der Waals surface area contributed by atoms with Crippen LogP contribution in [0.4, 0.5) is 4.39 Å². The minimum Gasteiger partial charge on any atom is -0.497 e. The molecule has 0 fully saturated rings. The fourth-order valence-electron chi connectivity index (χ4n) is 3.27. The largest absolute Gasteiger partial charge is 0.497 e. The fraction of sp³-hybridized carbons (Fsp3) is 0.0909. The number of carbonyl (C=O) groups is 1. The van der Waals surface area contributed by atoms with Gasteiger partial charge in [0.05, 0.1) is 18.2 Å². The second-order valence-corrected chi connectivity index (χ2v) is 8.50. The minimum absolute atomic E-state index is 0.0304. The summed E-state index contributed by atoms with van der Waals surface area (Å²) in [6, 6.07) is 13.4. The Labute approximate surface area is 184 Å². The summed E-state index contributed by atoms with van der Waals surface area (Å²) in [7, 11) is 1.57. The second-order valence-electron chi connectivity index (χ2n) is 6.70. The number of methoxy groups -OCH3 is 1. The molecule has 0 saturated carbocycles. The number of aromatic nitrogens is 4. The molecule has 2 aromatic carbocycles. The molecule has 31 heavy (non-hydrogen) atoms. The maximum Gasteiger partial charge on any atom is 0.197 e. The Kier molecular flexibility index (Phi) is 5.13. The van der Waals surface area contributed by atoms with Gasteiger partial charge in [0.2, 0.25) is 0 Å². The van der Waals surface area contributed by atoms with E-state index in [1.807, 2.05) is 5.38 Å². The topological polar surface area (TPSA) is 69.4 Å². The molecule has 0 N–H and O–H groups in total. The number of thioether (sulfide) groups is 1. The summed E-state index contributed by atoms with van der Waals surface area (Å²) in [5, 5.41) is 12.1. The SMILES string of the molecule is COc1cccc(C(=O)CSc2nnc3c4c(-c5ccc(F)cc5)csc4ncn23)c1. The van der Waals surface area contributed by atoms with Gasteiger partial charge in [-0.2, -0.15) is 0 Å². The highest BCUT2D eigenvalue weighted by Crippen LogP contribution is 2.36. The van der Waals surface area contributed by atoms with Crippen LogP contribution in [0.2, 0.25) is 0 Å². The van der Waals surface area contributed by atoms with Crippen molar-refractivity contribution in [3.05, 3.63) is 71.6 Å². The smallest absolute Gasteiger partial charge is 0.197 e. The van der Waals surface area contributed by atoms with Crippen molar-refractivity contribution >= 4 is 44.7 Å². The first-order valence-corrected chi connectivity index (χ1v) is 11.2. The first kappa shape index (κ1) is 19.7. The summed E-state index contributed by atoms with van der Waals surface area (Å²) < 4.78 is 20.3. The number of thiophene rings is 1. The van der Waals surface area contributed by atoms with E-state index in [1.54, 1.807) is 54.2 Å². The quantitative estimate of drug-likeness (QED) is 0.264. The number of fused-ring (bicyclic) bond motifs is 3. The lowest BCUT2D eigenvalue weighted by Gasteiger charge is -2.04. The van der Waals surface area contributed by atoms with Crippen LogP contribution in [0.25, 0.3) is 27.0 Å². The van der Waals surface area contributed by atoms with Crippen molar-refractivity contribution in [1.29, 1.82) is 0 Å². The highest BCUT2D eigenvalue weighted by molar-refractivity contribution is 7.99. The lowest BCUT2D eigenvalue weighted by atomic mass is 10.1. The number of nitrogens with zero attached hydrogens (tertiary/aromatic N) is 4. The summed E-state index contributed by atoms with van der Waals surface area (Å²) >= 11 is 2.80. The Morgan fingerprint density at radius 2 is 2.03 bits per heavy atom. The molecule has 0 radical (unpaired) electrons. The molecule has 6 nitrogen and oxygen atoms in total. The molecule has 3 heterocycles. The lowest BCUT2D eigenvalue weighted by molar-refractivity contribution is 0.102. The monoisotopic (exact) mass is 450 g/mol. The number of Topliss-reactive ketones (excluding diaryl/α,β-unsaturated/α-hetero) is 1. The van der Waals surface area contributed by atoms with Gasteiger partial charge in [0, 0.05) is 16.5 Å². The van der Waals surface area contributed by atoms with E-state index >= 15 is 0 Å². The van der Waals surface area contributed by atoms with Crippen LogP contribution in [0.3, 0.4) is 0 Å². The Morgan fingerprint density at radius 3 is 2.84 bits per heavy atom. The lowest BCUT2D eigenvalue weighted by Crippen LogP contribution is -2.03. The zero-order valence-electron chi connectivity index (χ0n) is 16.3. The van der Waals surface area contributed by atoms with E-state index in [0.717, 1.165) is 21.3 Å². The number of ketones is 1. The number of ether oxygens (including phenoxy) is 1. The van der Waals surface area contributed by atoms with Gasteiger partial charge in [-0.15, -0.1) is 21.5 Å². The molecule has 9 heteroatoms. The normalized spacial score (nSPS) is 11.3. The second kappa shape index (κ2) is 8.09. The predicted molar refractivity (Wildman–Crippen MR) is 120 cm³/mol. The van der Waals surface area contributed by atoms with Crippen LogP contribution in [0.15, 0.2) is 65.4 Å². The number of halogens is 1. The van der Waals surface area contributed by atoms with Crippen molar-refractivity contribution < 1.29 is 13.9 Å². The molecule has 0 atom stereocenters. The predicted octanol–water partition coefficient (Wildman–Crippen LogP) is 5.13. The molecular weight excluding hydrogens is 435 g/mol. The van der Waals surface area contributed by atoms with E-state index in [2.05, 4.69) is 15.2 Å². The van der Waals surface area contributed by atoms with Gasteiger partial charge >= 0.3 is 0 Å². The summed E-state index contributed by atoms with van der Waals surface area (Å²) in [6.07, 6.45) is 1.67. The molecule has 0 bridgehead atoms. The van der Waals surface area contributed by atoms with E-state index < -0.39 is 0 Å². The van der Waals surface area contributed by atoms with Crippen LogP contribution in [0.5, 0.6) is 5.75 Å². The van der Waals surface area contributed by atoms with E-state index in [0.29, 0.717) is 22.1 Å². The van der Waals surface area contributed by atoms with Crippen LogP contribution >= 0.6 is 23.1 Å². The van der Waals surface area contributed by atoms with Crippen molar-refractivity contribution in [1.82, 2.24) is 19.6 Å². The van der Waals surface area contributed by atoms with Crippen LogP contribution in [-0.2, 0) is 0 Å². The van der Waals surface area contributed by atoms with Crippen molar-refractivity contribution in [2.24, 2.45) is 0 Å². The van der Waals surface area contributed by atoms with Crippen LogP contribution in [0, 0.1) is 5.82 Å². The number of benzene rings is 2. The Balaban J connectivity index is 1.47. The van der Waals surface area contributed by atoms with Gasteiger partial charge in [-0.25, -0.2) is 9.37 Å². The molecule has 5 rings (SSSR count). The molecular formula is C22H15FN4O2S2. The maximum absolute atomic E-state index is 13.3. The Morgan fingerprint density at radius 1 is 1.19 bits per heavy atom. The van der Waals surface area contributed by atoms with Crippen molar-refractivity contribution in [2.45, 2.75) is 5.16 Å². The molecule has 154 valence electrons. The average Bonchev–Trinajstić information content (AvgIpc) is 3.42. The van der Waals surface area contributed by atoms with Crippen LogP contribution < -0.4 is 4.74 Å². The van der Waals surface area contributed by atoms with Gasteiger partial charge < -0.3 is 4.74 Å². The number of hydrogen-bond donors (Lipinski definition) is 0. The third kappa shape index (κ3) is 3.66. The van der Waals surface area contributed by atoms with E-state index in [9.17, 15) is 9.18 Å². The van der Waals surface area contributed by atoms with Crippen LogP contribution in [-0.4, -0.2) is 38.2 Å². The first-order chi connectivity index (χ1) is 15.1. The molecule has 0 aliphatic rings. The molecule has 3 aromatic heterocycles. The van der Waals surface area contributed by atoms with E-state index in [4.69, 9.17) is 4.74 Å². The van der Waals surface area contributed by atoms with Gasteiger partial charge in [-0.3, -0.25) is 9.20 Å².